The van der Waals surface area contributed by atoms with E-state index in [0.29, 0.717) is 17.0 Å². The number of carbonyl (C=O) groups excluding carboxylic acids is 3. The number of nitrogens with one attached hydrogen (secondary N) is 2. The van der Waals surface area contributed by atoms with Crippen molar-refractivity contribution in [1.82, 2.24) is 10.2 Å². The molecule has 1 unspecified atom stereocenters. The van der Waals surface area contributed by atoms with E-state index in [9.17, 15) is 14.4 Å². The van der Waals surface area contributed by atoms with E-state index in [2.05, 4.69) is 10.6 Å². The number of hydrogen-bond donors (Lipinski definition) is 2. The quantitative estimate of drug-likeness (QED) is 0.658. The Hall–Kier alpha value is -3.55. The third-order valence-electron chi connectivity index (χ3n) is 4.89. The number of aryl methyl sites for hydroxylation is 2. The molecule has 3 amide bonds. The van der Waals surface area contributed by atoms with Gasteiger partial charge in [-0.15, -0.1) is 0 Å². The third-order valence-corrected chi connectivity index (χ3v) is 4.89. The highest BCUT2D eigenvalue weighted by atomic mass is 16.6. The predicted octanol–water partition coefficient (Wildman–Crippen LogP) is 3.97. The molecule has 0 saturated carbocycles. The highest BCUT2D eigenvalue weighted by Crippen LogP contribution is 2.26. The molecule has 0 aliphatic heterocycles. The van der Waals surface area contributed by atoms with Crippen molar-refractivity contribution < 1.29 is 23.9 Å². The molecule has 2 N–H and O–H groups in total. The number of carbonyl (C=O) groups is 3. The van der Waals surface area contributed by atoms with Gasteiger partial charge in [-0.25, -0.2) is 4.79 Å². The number of likely N-dealkylation sites (N-methyl/N-ethyl adjacent to an activating group) is 1. The third kappa shape index (κ3) is 7.52. The summed E-state index contributed by atoms with van der Waals surface area (Å²) >= 11 is 0. The summed E-state index contributed by atoms with van der Waals surface area (Å²) in [5, 5.41) is 5.32. The minimum atomic E-state index is -0.902. The van der Waals surface area contributed by atoms with Crippen LogP contribution in [0.15, 0.2) is 42.5 Å². The number of hydrogen-bond acceptors (Lipinski definition) is 5. The molecule has 2 rings (SSSR count). The van der Waals surface area contributed by atoms with E-state index in [1.54, 1.807) is 52.1 Å². The Kier molecular flexibility index (Phi) is 8.45. The van der Waals surface area contributed by atoms with Gasteiger partial charge >= 0.3 is 6.09 Å². The van der Waals surface area contributed by atoms with Gasteiger partial charge in [0.25, 0.3) is 5.91 Å². The van der Waals surface area contributed by atoms with Crippen molar-refractivity contribution in [2.45, 2.75) is 46.3 Å². The lowest BCUT2D eigenvalue weighted by Crippen LogP contribution is -2.44. The van der Waals surface area contributed by atoms with Crippen LogP contribution in [-0.2, 0) is 14.3 Å². The number of ether oxygens (including phenoxy) is 2. The minimum absolute atomic E-state index is 0.303. The highest BCUT2D eigenvalue weighted by Gasteiger charge is 2.30. The van der Waals surface area contributed by atoms with E-state index in [1.807, 2.05) is 32.0 Å². The summed E-state index contributed by atoms with van der Waals surface area (Å²) in [6.07, 6.45) is -0.699. The Bertz CT molecular complexity index is 996. The van der Waals surface area contributed by atoms with Gasteiger partial charge < -0.3 is 25.0 Å². The van der Waals surface area contributed by atoms with Gasteiger partial charge in [-0.2, -0.15) is 0 Å². The van der Waals surface area contributed by atoms with Crippen molar-refractivity contribution in [1.29, 1.82) is 0 Å². The first-order valence-corrected chi connectivity index (χ1v) is 10.7. The average Bonchev–Trinajstić information content (AvgIpc) is 2.73. The van der Waals surface area contributed by atoms with Gasteiger partial charge in [-0.05, 0) is 70.0 Å². The second-order valence-electron chi connectivity index (χ2n) is 8.84. The molecule has 8 heteroatoms. The molecular formula is C25H33N3O5. The zero-order valence-corrected chi connectivity index (χ0v) is 20.3. The molecule has 178 valence electrons. The van der Waals surface area contributed by atoms with Crippen molar-refractivity contribution >= 4 is 23.6 Å². The molecule has 1 atom stereocenters. The molecule has 0 aliphatic carbocycles. The van der Waals surface area contributed by atoms with Crippen molar-refractivity contribution in [2.24, 2.45) is 0 Å². The van der Waals surface area contributed by atoms with E-state index in [4.69, 9.17) is 9.47 Å². The van der Waals surface area contributed by atoms with Crippen LogP contribution in [0.5, 0.6) is 5.75 Å². The van der Waals surface area contributed by atoms with E-state index in [1.165, 1.54) is 11.9 Å². The van der Waals surface area contributed by atoms with Crippen molar-refractivity contribution in [3.63, 3.8) is 0 Å². The molecule has 0 radical (unpaired) electrons. The largest absolute Gasteiger partial charge is 0.497 e. The fourth-order valence-electron chi connectivity index (χ4n) is 3.27. The van der Waals surface area contributed by atoms with Crippen LogP contribution in [0, 0.1) is 13.8 Å². The van der Waals surface area contributed by atoms with Crippen LogP contribution in [0.1, 0.15) is 43.5 Å². The maximum Gasteiger partial charge on any atom is 0.408 e. The van der Waals surface area contributed by atoms with E-state index in [-0.39, 0.29) is 12.5 Å². The SMILES string of the molecule is COc1ccc(NC(=O)C(c2ccc(C)cc2C)N(C)C(=O)CNC(=O)OC(C)(C)C)cc1. The van der Waals surface area contributed by atoms with Gasteiger partial charge in [0.1, 0.15) is 23.9 Å². The fraction of sp³-hybridized carbons (Fsp3) is 0.400. The lowest BCUT2D eigenvalue weighted by molar-refractivity contribution is -0.136. The standard InChI is InChI=1S/C25H33N3O5/c1-16-8-13-20(17(2)14-16)22(23(30)27-18-9-11-19(32-7)12-10-18)28(6)21(29)15-26-24(31)33-25(3,4)5/h8-14,22H,15H2,1-7H3,(H,26,31)(H,27,30). The molecule has 2 aromatic carbocycles. The number of amides is 3. The number of methoxy groups -OCH3 is 1. The van der Waals surface area contributed by atoms with Crippen LogP contribution in [0.3, 0.4) is 0 Å². The van der Waals surface area contributed by atoms with Gasteiger partial charge in [-0.1, -0.05) is 23.8 Å². The van der Waals surface area contributed by atoms with Crippen LogP contribution in [0.2, 0.25) is 0 Å². The van der Waals surface area contributed by atoms with Crippen LogP contribution in [0.4, 0.5) is 10.5 Å². The van der Waals surface area contributed by atoms with E-state index < -0.39 is 23.6 Å². The summed E-state index contributed by atoms with van der Waals surface area (Å²) in [7, 11) is 3.10. The molecular weight excluding hydrogens is 422 g/mol. The number of rotatable bonds is 7. The van der Waals surface area contributed by atoms with Crippen LogP contribution >= 0.6 is 0 Å². The smallest absolute Gasteiger partial charge is 0.408 e. The number of nitrogens with zero attached hydrogens (tertiary/aromatic N) is 1. The second kappa shape index (κ2) is 10.8. The summed E-state index contributed by atoms with van der Waals surface area (Å²) in [5.41, 5.74) is 2.51. The van der Waals surface area contributed by atoms with Gasteiger partial charge in [0, 0.05) is 12.7 Å². The van der Waals surface area contributed by atoms with Crippen LogP contribution < -0.4 is 15.4 Å². The molecule has 2 aromatic rings. The molecule has 0 aromatic heterocycles. The maximum absolute atomic E-state index is 13.3. The lowest BCUT2D eigenvalue weighted by atomic mass is 9.97. The summed E-state index contributed by atoms with van der Waals surface area (Å²) < 4.78 is 10.3. The van der Waals surface area contributed by atoms with Gasteiger partial charge in [0.05, 0.1) is 7.11 Å². The number of benzene rings is 2. The number of anilines is 1. The zero-order chi connectivity index (χ0) is 24.8. The summed E-state index contributed by atoms with van der Waals surface area (Å²) in [6, 6.07) is 11.7. The second-order valence-corrected chi connectivity index (χ2v) is 8.84. The summed E-state index contributed by atoms with van der Waals surface area (Å²) in [6.45, 7) is 8.76. The first-order chi connectivity index (χ1) is 15.4. The van der Waals surface area contributed by atoms with Crippen molar-refractivity contribution in [2.75, 3.05) is 26.0 Å². The highest BCUT2D eigenvalue weighted by molar-refractivity contribution is 5.98. The Morgan fingerprint density at radius 2 is 1.67 bits per heavy atom. The Balaban J connectivity index is 2.25. The normalized spacial score (nSPS) is 11.8. The van der Waals surface area contributed by atoms with Gasteiger partial charge in [0.15, 0.2) is 0 Å². The maximum atomic E-state index is 13.3. The molecule has 8 nitrogen and oxygen atoms in total. The van der Waals surface area contributed by atoms with E-state index >= 15 is 0 Å². The zero-order valence-electron chi connectivity index (χ0n) is 20.3. The fourth-order valence-corrected chi connectivity index (χ4v) is 3.27. The predicted molar refractivity (Wildman–Crippen MR) is 127 cm³/mol. The topological polar surface area (TPSA) is 97.0 Å². The monoisotopic (exact) mass is 455 g/mol. The molecule has 0 fully saturated rings. The van der Waals surface area contributed by atoms with Crippen LogP contribution in [0.25, 0.3) is 0 Å². The molecule has 0 bridgehead atoms. The summed E-state index contributed by atoms with van der Waals surface area (Å²) in [5.74, 6) is -0.143. The number of alkyl carbamates (subject to hydrolysis) is 1. The molecule has 0 heterocycles. The first kappa shape index (κ1) is 25.7. The van der Waals surface area contributed by atoms with Crippen molar-refractivity contribution in [3.05, 3.63) is 59.2 Å². The molecule has 0 saturated heterocycles. The van der Waals surface area contributed by atoms with Crippen molar-refractivity contribution in [3.8, 4) is 5.75 Å². The van der Waals surface area contributed by atoms with Crippen LogP contribution in [-0.4, -0.2) is 49.1 Å². The Morgan fingerprint density at radius 1 is 1.03 bits per heavy atom. The van der Waals surface area contributed by atoms with E-state index in [0.717, 1.165) is 11.1 Å². The molecule has 0 spiro atoms. The minimum Gasteiger partial charge on any atom is -0.497 e. The summed E-state index contributed by atoms with van der Waals surface area (Å²) in [4.78, 5) is 39.5. The first-order valence-electron chi connectivity index (χ1n) is 10.7. The Labute approximate surface area is 195 Å². The molecule has 33 heavy (non-hydrogen) atoms. The average molecular weight is 456 g/mol. The Morgan fingerprint density at radius 3 is 2.21 bits per heavy atom. The van der Waals surface area contributed by atoms with Gasteiger partial charge in [-0.3, -0.25) is 9.59 Å². The lowest BCUT2D eigenvalue weighted by Gasteiger charge is -2.29. The molecule has 0 aliphatic rings. The van der Waals surface area contributed by atoms with Gasteiger partial charge in [0.2, 0.25) is 5.91 Å².